The van der Waals surface area contributed by atoms with E-state index in [4.69, 9.17) is 17.0 Å². The van der Waals surface area contributed by atoms with Crippen LogP contribution in [0, 0.1) is 0 Å². The first kappa shape index (κ1) is 20.5. The molecule has 9 heteroatoms. The highest BCUT2D eigenvalue weighted by atomic mass is 32.2. The maximum atomic E-state index is 13.1. The van der Waals surface area contributed by atoms with Crippen LogP contribution in [0.4, 0.5) is 5.82 Å². The Balaban J connectivity index is 2.08. The second-order valence-electron chi connectivity index (χ2n) is 6.34. The Morgan fingerprint density at radius 2 is 2.18 bits per heavy atom. The van der Waals surface area contributed by atoms with E-state index in [1.165, 1.54) is 16.2 Å². The number of hydrogen-bond donors (Lipinski definition) is 1. The van der Waals surface area contributed by atoms with E-state index in [2.05, 4.69) is 10.3 Å². The number of amides is 1. The molecule has 1 fully saturated rings. The molecular formula is C19H22N4O3S2. The van der Waals surface area contributed by atoms with Crippen LogP contribution in [0.2, 0.25) is 0 Å². The molecule has 0 spiro atoms. The van der Waals surface area contributed by atoms with E-state index in [1.54, 1.807) is 36.4 Å². The smallest absolute Gasteiger partial charge is 0.267 e. The summed E-state index contributed by atoms with van der Waals surface area (Å²) < 4.78 is 7.04. The SMILES string of the molecule is CC[C@@H](C)N1C(=O)/C(=C/c2c(NCCOC)nc3ccccn3c2=O)SC1=S. The molecule has 0 saturated carbocycles. The number of aromatic nitrogens is 2. The van der Waals surface area contributed by atoms with E-state index >= 15 is 0 Å². The maximum Gasteiger partial charge on any atom is 0.267 e. The molecule has 1 atom stereocenters. The molecule has 148 valence electrons. The third kappa shape index (κ3) is 3.96. The Hall–Kier alpha value is -2.23. The predicted molar refractivity (Wildman–Crippen MR) is 117 cm³/mol. The van der Waals surface area contributed by atoms with Crippen LogP contribution in [-0.2, 0) is 9.53 Å². The average Bonchev–Trinajstić information content (AvgIpc) is 2.97. The minimum absolute atomic E-state index is 0.00789. The van der Waals surface area contributed by atoms with E-state index in [0.717, 1.165) is 6.42 Å². The highest BCUT2D eigenvalue weighted by Crippen LogP contribution is 2.34. The summed E-state index contributed by atoms with van der Waals surface area (Å²) in [6, 6.07) is 5.35. The van der Waals surface area contributed by atoms with Crippen molar-refractivity contribution in [2.24, 2.45) is 0 Å². The van der Waals surface area contributed by atoms with Gasteiger partial charge in [0.25, 0.3) is 11.5 Å². The molecule has 0 bridgehead atoms. The summed E-state index contributed by atoms with van der Waals surface area (Å²) in [6.45, 7) is 4.91. The Morgan fingerprint density at radius 1 is 1.39 bits per heavy atom. The molecule has 28 heavy (non-hydrogen) atoms. The Bertz CT molecular complexity index is 1000. The van der Waals surface area contributed by atoms with E-state index in [0.29, 0.717) is 39.4 Å². The minimum atomic E-state index is -0.251. The number of thiocarbonyl (C=S) groups is 1. The van der Waals surface area contributed by atoms with E-state index in [1.807, 2.05) is 19.9 Å². The molecule has 2 aromatic rings. The molecular weight excluding hydrogens is 396 g/mol. The molecule has 3 heterocycles. The van der Waals surface area contributed by atoms with Crippen LogP contribution in [0.5, 0.6) is 0 Å². The van der Waals surface area contributed by atoms with Gasteiger partial charge in [-0.05, 0) is 31.6 Å². The van der Waals surface area contributed by atoms with Gasteiger partial charge >= 0.3 is 0 Å². The Kier molecular flexibility index (Phi) is 6.48. The van der Waals surface area contributed by atoms with Crippen molar-refractivity contribution < 1.29 is 9.53 Å². The molecule has 2 aromatic heterocycles. The lowest BCUT2D eigenvalue weighted by atomic mass is 10.2. The highest BCUT2D eigenvalue weighted by molar-refractivity contribution is 8.26. The molecule has 3 rings (SSSR count). The molecule has 1 amide bonds. The quantitative estimate of drug-likeness (QED) is 0.421. The average molecular weight is 419 g/mol. The van der Waals surface area contributed by atoms with Crippen LogP contribution in [0.3, 0.4) is 0 Å². The van der Waals surface area contributed by atoms with Crippen molar-refractivity contribution in [1.82, 2.24) is 14.3 Å². The number of methoxy groups -OCH3 is 1. The predicted octanol–water partition coefficient (Wildman–Crippen LogP) is 2.75. The van der Waals surface area contributed by atoms with Crippen molar-refractivity contribution in [2.45, 2.75) is 26.3 Å². The summed E-state index contributed by atoms with van der Waals surface area (Å²) in [7, 11) is 1.60. The first-order valence-electron chi connectivity index (χ1n) is 8.99. The molecule has 7 nitrogen and oxygen atoms in total. The van der Waals surface area contributed by atoms with E-state index < -0.39 is 0 Å². The fraction of sp³-hybridized carbons (Fsp3) is 0.368. The van der Waals surface area contributed by atoms with Gasteiger partial charge in [0, 0.05) is 25.9 Å². The summed E-state index contributed by atoms with van der Waals surface area (Å²) in [4.78, 5) is 32.5. The topological polar surface area (TPSA) is 75.9 Å². The zero-order valence-electron chi connectivity index (χ0n) is 16.0. The molecule has 1 N–H and O–H groups in total. The number of thioether (sulfide) groups is 1. The van der Waals surface area contributed by atoms with Gasteiger partial charge in [-0.25, -0.2) is 4.98 Å². The zero-order chi connectivity index (χ0) is 20.3. The monoisotopic (exact) mass is 418 g/mol. The number of pyridine rings is 1. The van der Waals surface area contributed by atoms with E-state index in [-0.39, 0.29) is 17.5 Å². The summed E-state index contributed by atoms with van der Waals surface area (Å²) in [5, 5.41) is 3.13. The fourth-order valence-electron chi connectivity index (χ4n) is 2.81. The fourth-order valence-corrected chi connectivity index (χ4v) is 4.26. The van der Waals surface area contributed by atoms with Crippen LogP contribution in [-0.4, -0.2) is 50.8 Å². The van der Waals surface area contributed by atoms with Gasteiger partial charge in [0.05, 0.1) is 17.1 Å². The number of anilines is 1. The van der Waals surface area contributed by atoms with Crippen LogP contribution in [0.25, 0.3) is 11.7 Å². The number of hydrogen-bond acceptors (Lipinski definition) is 7. The molecule has 0 unspecified atom stereocenters. The summed E-state index contributed by atoms with van der Waals surface area (Å²) >= 11 is 6.59. The molecule has 1 saturated heterocycles. The van der Waals surface area contributed by atoms with Crippen molar-refractivity contribution in [3.63, 3.8) is 0 Å². The number of nitrogens with zero attached hydrogens (tertiary/aromatic N) is 3. The van der Waals surface area contributed by atoms with Crippen LogP contribution < -0.4 is 10.9 Å². The number of carbonyl (C=O) groups excluding carboxylic acids is 1. The summed E-state index contributed by atoms with van der Waals surface area (Å²) in [5.74, 6) is 0.242. The van der Waals surface area contributed by atoms with E-state index in [9.17, 15) is 9.59 Å². The highest BCUT2D eigenvalue weighted by Gasteiger charge is 2.35. The van der Waals surface area contributed by atoms with Gasteiger partial charge in [0.2, 0.25) is 0 Å². The van der Waals surface area contributed by atoms with Crippen LogP contribution in [0.15, 0.2) is 34.1 Å². The van der Waals surface area contributed by atoms with Crippen molar-refractivity contribution in [3.8, 4) is 0 Å². The van der Waals surface area contributed by atoms with Gasteiger partial charge in [-0.2, -0.15) is 0 Å². The van der Waals surface area contributed by atoms with Gasteiger partial charge < -0.3 is 10.1 Å². The first-order valence-corrected chi connectivity index (χ1v) is 10.2. The molecule has 0 radical (unpaired) electrons. The van der Waals surface area contributed by atoms with Crippen molar-refractivity contribution in [1.29, 1.82) is 0 Å². The zero-order valence-corrected chi connectivity index (χ0v) is 17.6. The first-order chi connectivity index (χ1) is 13.5. The van der Waals surface area contributed by atoms with Crippen LogP contribution >= 0.6 is 24.0 Å². The maximum absolute atomic E-state index is 13.1. The second-order valence-corrected chi connectivity index (χ2v) is 8.01. The molecule has 0 aromatic carbocycles. The standard InChI is InChI=1S/C19H22N4O3S2/c1-4-12(2)23-18(25)14(28-19(23)27)11-13-16(20-8-10-26-3)21-15-7-5-6-9-22(15)17(13)24/h5-7,9,11-12,20H,4,8,10H2,1-3H3/b14-11-/t12-/m1/s1. The lowest BCUT2D eigenvalue weighted by Gasteiger charge is -2.21. The van der Waals surface area contributed by atoms with Gasteiger partial charge in [-0.1, -0.05) is 37.0 Å². The Labute approximate surface area is 172 Å². The largest absolute Gasteiger partial charge is 0.383 e. The van der Waals surface area contributed by atoms with Gasteiger partial charge in [-0.15, -0.1) is 0 Å². The molecule has 1 aliphatic rings. The van der Waals surface area contributed by atoms with Crippen molar-refractivity contribution in [2.75, 3.05) is 25.6 Å². The summed E-state index contributed by atoms with van der Waals surface area (Å²) in [6.07, 6.45) is 4.04. The van der Waals surface area contributed by atoms with Gasteiger partial charge in [0.15, 0.2) is 0 Å². The van der Waals surface area contributed by atoms with Crippen LogP contribution in [0.1, 0.15) is 25.8 Å². The molecule has 1 aliphatic heterocycles. The number of rotatable bonds is 7. The Morgan fingerprint density at radius 3 is 2.89 bits per heavy atom. The lowest BCUT2D eigenvalue weighted by Crippen LogP contribution is -2.36. The molecule has 0 aliphatic carbocycles. The van der Waals surface area contributed by atoms with Crippen molar-refractivity contribution in [3.05, 3.63) is 45.2 Å². The normalized spacial score (nSPS) is 17.0. The lowest BCUT2D eigenvalue weighted by molar-refractivity contribution is -0.123. The van der Waals surface area contributed by atoms with Gasteiger partial charge in [-0.3, -0.25) is 18.9 Å². The third-order valence-corrected chi connectivity index (χ3v) is 5.83. The van der Waals surface area contributed by atoms with Gasteiger partial charge in [0.1, 0.15) is 15.8 Å². The number of nitrogens with one attached hydrogen (secondary N) is 1. The third-order valence-electron chi connectivity index (χ3n) is 4.50. The number of carbonyl (C=O) groups is 1. The second kappa shape index (κ2) is 8.85. The number of fused-ring (bicyclic) bond motifs is 1. The van der Waals surface area contributed by atoms with Crippen molar-refractivity contribution >= 4 is 51.7 Å². The summed E-state index contributed by atoms with van der Waals surface area (Å²) in [5.41, 5.74) is 0.598. The number of ether oxygens (including phenoxy) is 1. The minimum Gasteiger partial charge on any atom is -0.383 e.